The molecule has 28 heavy (non-hydrogen) atoms. The van der Waals surface area contributed by atoms with Crippen molar-refractivity contribution in [3.63, 3.8) is 0 Å². The number of hydrogen-bond acceptors (Lipinski definition) is 5. The second-order valence-electron chi connectivity index (χ2n) is 6.08. The van der Waals surface area contributed by atoms with Crippen LogP contribution in [0.15, 0.2) is 60.7 Å². The molecule has 0 radical (unpaired) electrons. The van der Waals surface area contributed by atoms with Gasteiger partial charge in [0.2, 0.25) is 5.91 Å². The smallest absolute Gasteiger partial charge is 0.407 e. The SMILES string of the molecule is COC(=O)[C@@H](CCc1ccccc1)NC(=O)CNC(=O)OCc1ccccc1. The Hall–Kier alpha value is -3.35. The van der Waals surface area contributed by atoms with Crippen LogP contribution in [0.4, 0.5) is 4.79 Å². The molecular weight excluding hydrogens is 360 g/mol. The molecule has 0 aliphatic heterocycles. The van der Waals surface area contributed by atoms with Crippen LogP contribution in [-0.4, -0.2) is 37.7 Å². The van der Waals surface area contributed by atoms with Crippen molar-refractivity contribution in [2.45, 2.75) is 25.5 Å². The largest absolute Gasteiger partial charge is 0.467 e. The van der Waals surface area contributed by atoms with Crippen molar-refractivity contribution in [1.29, 1.82) is 0 Å². The van der Waals surface area contributed by atoms with Gasteiger partial charge in [0.15, 0.2) is 0 Å². The fraction of sp³-hybridized carbons (Fsp3) is 0.286. The van der Waals surface area contributed by atoms with Crippen molar-refractivity contribution >= 4 is 18.0 Å². The molecule has 0 fully saturated rings. The predicted octanol–water partition coefficient (Wildman–Crippen LogP) is 2.20. The summed E-state index contributed by atoms with van der Waals surface area (Å²) in [4.78, 5) is 35.7. The summed E-state index contributed by atoms with van der Waals surface area (Å²) >= 11 is 0. The fourth-order valence-corrected chi connectivity index (χ4v) is 2.52. The number of aryl methyl sites for hydroxylation is 1. The maximum atomic E-state index is 12.1. The lowest BCUT2D eigenvalue weighted by Gasteiger charge is -2.16. The molecule has 0 aromatic heterocycles. The number of hydrogen-bond donors (Lipinski definition) is 2. The minimum absolute atomic E-state index is 0.107. The van der Waals surface area contributed by atoms with Gasteiger partial charge in [-0.15, -0.1) is 0 Å². The molecular formula is C21H24N2O5. The van der Waals surface area contributed by atoms with Crippen molar-refractivity contribution in [2.24, 2.45) is 0 Å². The zero-order chi connectivity index (χ0) is 20.2. The Bertz CT molecular complexity index is 765. The summed E-state index contributed by atoms with van der Waals surface area (Å²) < 4.78 is 9.78. The fourth-order valence-electron chi connectivity index (χ4n) is 2.52. The Labute approximate surface area is 164 Å². The van der Waals surface area contributed by atoms with E-state index in [2.05, 4.69) is 10.6 Å². The van der Waals surface area contributed by atoms with E-state index in [1.807, 2.05) is 60.7 Å². The molecule has 2 aromatic rings. The number of nitrogens with one attached hydrogen (secondary N) is 2. The lowest BCUT2D eigenvalue weighted by Crippen LogP contribution is -2.46. The van der Waals surface area contributed by atoms with Gasteiger partial charge in [-0.1, -0.05) is 60.7 Å². The first-order valence-electron chi connectivity index (χ1n) is 8.94. The highest BCUT2D eigenvalue weighted by atomic mass is 16.5. The molecule has 0 saturated heterocycles. The lowest BCUT2D eigenvalue weighted by molar-refractivity contribution is -0.145. The third-order valence-corrected chi connectivity index (χ3v) is 3.99. The first kappa shape index (κ1) is 21.0. The highest BCUT2D eigenvalue weighted by Gasteiger charge is 2.21. The Morgan fingerprint density at radius 1 is 0.929 bits per heavy atom. The van der Waals surface area contributed by atoms with Crippen molar-refractivity contribution in [3.05, 3.63) is 71.8 Å². The van der Waals surface area contributed by atoms with Crippen LogP contribution < -0.4 is 10.6 Å². The summed E-state index contributed by atoms with van der Waals surface area (Å²) in [6.07, 6.45) is 0.284. The molecule has 1 atom stereocenters. The van der Waals surface area contributed by atoms with Crippen LogP contribution in [-0.2, 0) is 32.1 Å². The average molecular weight is 384 g/mol. The van der Waals surface area contributed by atoms with Crippen molar-refractivity contribution in [1.82, 2.24) is 10.6 Å². The Morgan fingerprint density at radius 2 is 1.54 bits per heavy atom. The van der Waals surface area contributed by atoms with Gasteiger partial charge in [-0.3, -0.25) is 4.79 Å². The Balaban J connectivity index is 1.75. The van der Waals surface area contributed by atoms with Gasteiger partial charge in [0.25, 0.3) is 0 Å². The third kappa shape index (κ3) is 7.49. The second-order valence-corrected chi connectivity index (χ2v) is 6.08. The van der Waals surface area contributed by atoms with Crippen LogP contribution in [0.3, 0.4) is 0 Å². The van der Waals surface area contributed by atoms with Gasteiger partial charge in [-0.05, 0) is 24.0 Å². The summed E-state index contributed by atoms with van der Waals surface area (Å²) in [5.41, 5.74) is 1.89. The molecule has 0 unspecified atom stereocenters. The highest BCUT2D eigenvalue weighted by molar-refractivity contribution is 5.87. The molecule has 148 valence electrons. The number of methoxy groups -OCH3 is 1. The molecule has 0 aliphatic rings. The third-order valence-electron chi connectivity index (χ3n) is 3.99. The van der Waals surface area contributed by atoms with Gasteiger partial charge in [0, 0.05) is 0 Å². The van der Waals surface area contributed by atoms with Crippen molar-refractivity contribution in [2.75, 3.05) is 13.7 Å². The molecule has 0 spiro atoms. The average Bonchev–Trinajstić information content (AvgIpc) is 2.74. The van der Waals surface area contributed by atoms with Crippen LogP contribution in [0.1, 0.15) is 17.5 Å². The van der Waals surface area contributed by atoms with Crippen molar-refractivity contribution in [3.8, 4) is 0 Å². The molecule has 7 nitrogen and oxygen atoms in total. The summed E-state index contributed by atoms with van der Waals surface area (Å²) in [6.45, 7) is -0.192. The van der Waals surface area contributed by atoms with E-state index in [1.54, 1.807) is 0 Å². The van der Waals surface area contributed by atoms with Crippen molar-refractivity contribution < 1.29 is 23.9 Å². The molecule has 2 aromatic carbocycles. The molecule has 2 rings (SSSR count). The number of alkyl carbamates (subject to hydrolysis) is 1. The van der Waals surface area contributed by atoms with Crippen LogP contribution >= 0.6 is 0 Å². The van der Waals surface area contributed by atoms with Crippen LogP contribution in [0.2, 0.25) is 0 Å². The summed E-state index contributed by atoms with van der Waals surface area (Å²) in [7, 11) is 1.27. The maximum Gasteiger partial charge on any atom is 0.407 e. The van der Waals surface area contributed by atoms with E-state index in [9.17, 15) is 14.4 Å². The topological polar surface area (TPSA) is 93.7 Å². The van der Waals surface area contributed by atoms with Gasteiger partial charge in [-0.2, -0.15) is 0 Å². The minimum atomic E-state index is -0.792. The monoisotopic (exact) mass is 384 g/mol. The number of carbonyl (C=O) groups is 3. The first-order valence-corrected chi connectivity index (χ1v) is 8.94. The van der Waals surface area contributed by atoms with Gasteiger partial charge >= 0.3 is 12.1 Å². The molecule has 2 N–H and O–H groups in total. The predicted molar refractivity (Wildman–Crippen MR) is 103 cm³/mol. The molecule has 0 heterocycles. The Kier molecular flexibility index (Phi) is 8.52. The summed E-state index contributed by atoms with van der Waals surface area (Å²) in [5, 5.41) is 4.95. The highest BCUT2D eigenvalue weighted by Crippen LogP contribution is 2.06. The molecule has 0 bridgehead atoms. The van der Waals surface area contributed by atoms with Gasteiger partial charge in [-0.25, -0.2) is 9.59 Å². The van der Waals surface area contributed by atoms with Crippen LogP contribution in [0.5, 0.6) is 0 Å². The quantitative estimate of drug-likeness (QED) is 0.647. The zero-order valence-electron chi connectivity index (χ0n) is 15.7. The number of amides is 2. The molecule has 7 heteroatoms. The molecule has 2 amide bonds. The van der Waals surface area contributed by atoms with Gasteiger partial charge in [0.1, 0.15) is 19.2 Å². The van der Waals surface area contributed by atoms with Gasteiger partial charge in [0.05, 0.1) is 7.11 Å². The zero-order valence-corrected chi connectivity index (χ0v) is 15.7. The first-order chi connectivity index (χ1) is 13.6. The summed E-state index contributed by atoms with van der Waals surface area (Å²) in [6, 6.07) is 18.0. The number of benzene rings is 2. The number of esters is 1. The normalized spacial score (nSPS) is 11.2. The maximum absolute atomic E-state index is 12.1. The summed E-state index contributed by atoms with van der Waals surface area (Å²) in [5.74, 6) is -1.03. The second kappa shape index (κ2) is 11.4. The van der Waals surface area contributed by atoms with Crippen LogP contribution in [0, 0.1) is 0 Å². The number of rotatable bonds is 9. The molecule has 0 saturated carbocycles. The number of ether oxygens (including phenoxy) is 2. The van der Waals surface area contributed by atoms with E-state index >= 15 is 0 Å². The van der Waals surface area contributed by atoms with E-state index < -0.39 is 24.0 Å². The number of carbonyl (C=O) groups excluding carboxylic acids is 3. The van der Waals surface area contributed by atoms with E-state index in [-0.39, 0.29) is 13.2 Å². The minimum Gasteiger partial charge on any atom is -0.467 e. The van der Waals surface area contributed by atoms with E-state index in [1.165, 1.54) is 7.11 Å². The van der Waals surface area contributed by atoms with Crippen LogP contribution in [0.25, 0.3) is 0 Å². The van der Waals surface area contributed by atoms with E-state index in [0.717, 1.165) is 11.1 Å². The van der Waals surface area contributed by atoms with E-state index in [4.69, 9.17) is 9.47 Å². The Morgan fingerprint density at radius 3 is 2.14 bits per heavy atom. The molecule has 0 aliphatic carbocycles. The standard InChI is InChI=1S/C21H24N2O5/c1-27-20(25)18(13-12-16-8-4-2-5-9-16)23-19(24)14-22-21(26)28-15-17-10-6-3-7-11-17/h2-11,18H,12-15H2,1H3,(H,22,26)(H,23,24)/t18-/m1/s1. The lowest BCUT2D eigenvalue weighted by atomic mass is 10.1. The van der Waals surface area contributed by atoms with Gasteiger partial charge < -0.3 is 20.1 Å². The van der Waals surface area contributed by atoms with E-state index in [0.29, 0.717) is 12.8 Å².